The first kappa shape index (κ1) is 30.4. The van der Waals surface area contributed by atoms with Gasteiger partial charge in [-0.05, 0) is 85.0 Å². The molecule has 1 N–H and O–H groups in total. The van der Waals surface area contributed by atoms with Crippen LogP contribution in [0.4, 0.5) is 30.7 Å². The number of ether oxygens (including phenoxy) is 1. The van der Waals surface area contributed by atoms with Crippen LogP contribution in [0.15, 0.2) is 65.1 Å². The largest absolute Gasteiger partial charge is 0.573 e. The average molecular weight is 632 g/mol. The van der Waals surface area contributed by atoms with E-state index in [1.807, 2.05) is 0 Å². The van der Waals surface area contributed by atoms with Gasteiger partial charge in [0.15, 0.2) is 17.3 Å². The Morgan fingerprint density at radius 2 is 1.60 bits per heavy atom. The topological polar surface area (TPSA) is 73.3 Å². The molecule has 0 radical (unpaired) electrons. The lowest BCUT2D eigenvalue weighted by atomic mass is 9.95. The summed E-state index contributed by atoms with van der Waals surface area (Å²) >= 11 is 0. The van der Waals surface area contributed by atoms with Crippen LogP contribution in [-0.2, 0) is 12.8 Å². The van der Waals surface area contributed by atoms with Crippen molar-refractivity contribution < 1.29 is 45.0 Å². The molecule has 234 valence electrons. The molecule has 6 nitrogen and oxygen atoms in total. The molecule has 0 amide bonds. The number of hydrogen-bond donors (Lipinski definition) is 1. The molecule has 13 heteroatoms. The molecule has 3 aromatic carbocycles. The first-order valence-corrected chi connectivity index (χ1v) is 13.8. The number of aryl methyl sites for hydroxylation is 2. The molecule has 1 fully saturated rings. The third-order valence-corrected chi connectivity index (χ3v) is 7.50. The first-order valence-electron chi connectivity index (χ1n) is 13.8. The molecule has 2 aromatic heterocycles. The van der Waals surface area contributed by atoms with Crippen LogP contribution in [0.25, 0.3) is 39.4 Å². The molecule has 5 aromatic rings. The molecule has 0 spiro atoms. The van der Waals surface area contributed by atoms with E-state index in [1.165, 1.54) is 22.9 Å². The number of benzene rings is 3. The Morgan fingerprint density at radius 3 is 2.20 bits per heavy atom. The maximum atomic E-state index is 14.9. The van der Waals surface area contributed by atoms with E-state index in [0.717, 1.165) is 18.2 Å². The Kier molecular flexibility index (Phi) is 7.46. The summed E-state index contributed by atoms with van der Waals surface area (Å²) in [6, 6.07) is 13.6. The van der Waals surface area contributed by atoms with E-state index in [-0.39, 0.29) is 40.1 Å². The highest BCUT2D eigenvalue weighted by atomic mass is 19.4. The Bertz CT molecular complexity index is 1860. The minimum Gasteiger partial charge on any atom is -0.440 e. The van der Waals surface area contributed by atoms with Crippen molar-refractivity contribution in [2.24, 2.45) is 0 Å². The molecule has 1 saturated carbocycles. The van der Waals surface area contributed by atoms with E-state index in [0.29, 0.717) is 40.8 Å². The molecule has 45 heavy (non-hydrogen) atoms. The fraction of sp³-hybridized carbons (Fsp3) is 0.250. The molecular formula is C32H24F7N3O3. The monoisotopic (exact) mass is 631 g/mol. The van der Waals surface area contributed by atoms with Gasteiger partial charge in [0.25, 0.3) is 0 Å². The number of aliphatic hydroxyl groups is 1. The van der Waals surface area contributed by atoms with E-state index in [4.69, 9.17) is 4.42 Å². The summed E-state index contributed by atoms with van der Waals surface area (Å²) in [7, 11) is 0. The summed E-state index contributed by atoms with van der Waals surface area (Å²) in [5.41, 5.74) is 1.88. The third kappa shape index (κ3) is 6.17. The van der Waals surface area contributed by atoms with Gasteiger partial charge in [-0.3, -0.25) is 0 Å². The number of rotatable bonds is 7. The van der Waals surface area contributed by atoms with Gasteiger partial charge in [0.05, 0.1) is 12.3 Å². The highest BCUT2D eigenvalue weighted by Crippen LogP contribution is 2.45. The van der Waals surface area contributed by atoms with Gasteiger partial charge in [-0.25, -0.2) is 14.1 Å². The molecule has 0 saturated heterocycles. The van der Waals surface area contributed by atoms with Crippen LogP contribution in [0.2, 0.25) is 0 Å². The molecule has 0 aliphatic heterocycles. The lowest BCUT2D eigenvalue weighted by Gasteiger charge is -2.15. The minimum absolute atomic E-state index is 0.115. The second kappa shape index (κ2) is 11.1. The third-order valence-electron chi connectivity index (χ3n) is 7.50. The average Bonchev–Trinajstić information content (AvgIpc) is 3.57. The Hall–Kier alpha value is -4.65. The fourth-order valence-corrected chi connectivity index (χ4v) is 5.24. The van der Waals surface area contributed by atoms with E-state index < -0.39 is 36.4 Å². The predicted octanol–water partition coefficient (Wildman–Crippen LogP) is 8.90. The highest BCUT2D eigenvalue weighted by Gasteiger charge is 2.39. The van der Waals surface area contributed by atoms with Crippen molar-refractivity contribution in [3.8, 4) is 45.1 Å². The molecule has 0 atom stereocenters. The number of aliphatic hydroxyl groups excluding tert-OH is 1. The zero-order valence-corrected chi connectivity index (χ0v) is 23.7. The summed E-state index contributed by atoms with van der Waals surface area (Å²) in [6.07, 6.45) is -8.22. The van der Waals surface area contributed by atoms with Gasteiger partial charge in [0.1, 0.15) is 17.3 Å². The molecule has 6 rings (SSSR count). The number of oxazole rings is 1. The maximum absolute atomic E-state index is 14.9. The van der Waals surface area contributed by atoms with Crippen LogP contribution < -0.4 is 4.74 Å². The van der Waals surface area contributed by atoms with E-state index >= 15 is 0 Å². The van der Waals surface area contributed by atoms with Crippen molar-refractivity contribution in [3.63, 3.8) is 0 Å². The quantitative estimate of drug-likeness (QED) is 0.182. The Balaban J connectivity index is 1.56. The molecule has 0 unspecified atom stereocenters. The zero-order chi connectivity index (χ0) is 32.3. The zero-order valence-electron chi connectivity index (χ0n) is 23.7. The summed E-state index contributed by atoms with van der Waals surface area (Å²) in [6.45, 7) is 2.69. The van der Waals surface area contributed by atoms with Crippen molar-refractivity contribution in [2.75, 3.05) is 0 Å². The maximum Gasteiger partial charge on any atom is 0.573 e. The fourth-order valence-electron chi connectivity index (χ4n) is 5.24. The lowest BCUT2D eigenvalue weighted by Crippen LogP contribution is -2.16. The molecule has 1 aliphatic rings. The SMILES string of the molecule is Cc1nc(-c2ccc(OC(F)(F)F)cc2)c(-c2cc(-c3cc(C)c(CO)c(F)c3)ccc2-n2nc(C(F)(F)F)cc2C2CC2)o1. The summed E-state index contributed by atoms with van der Waals surface area (Å²) in [4.78, 5) is 4.44. The van der Waals surface area contributed by atoms with Gasteiger partial charge >= 0.3 is 12.5 Å². The van der Waals surface area contributed by atoms with Crippen molar-refractivity contribution >= 4 is 0 Å². The number of aromatic nitrogens is 3. The van der Waals surface area contributed by atoms with Gasteiger partial charge in [-0.1, -0.05) is 12.1 Å². The number of alkyl halides is 6. The Morgan fingerprint density at radius 1 is 0.911 bits per heavy atom. The van der Waals surface area contributed by atoms with Gasteiger partial charge in [0.2, 0.25) is 0 Å². The van der Waals surface area contributed by atoms with Crippen molar-refractivity contribution in [1.29, 1.82) is 0 Å². The normalized spacial score (nSPS) is 13.8. The van der Waals surface area contributed by atoms with E-state index in [1.54, 1.807) is 38.1 Å². The van der Waals surface area contributed by atoms with Crippen LogP contribution in [0, 0.1) is 19.7 Å². The summed E-state index contributed by atoms with van der Waals surface area (Å²) in [5.74, 6) is -0.928. The van der Waals surface area contributed by atoms with E-state index in [2.05, 4.69) is 14.8 Å². The summed E-state index contributed by atoms with van der Waals surface area (Å²) in [5, 5.41) is 13.5. The molecule has 1 aliphatic carbocycles. The van der Waals surface area contributed by atoms with Crippen LogP contribution in [0.5, 0.6) is 5.75 Å². The number of nitrogens with zero attached hydrogens (tertiary/aromatic N) is 3. The minimum atomic E-state index is -4.89. The molecule has 2 heterocycles. The first-order chi connectivity index (χ1) is 21.2. The van der Waals surface area contributed by atoms with E-state index in [9.17, 15) is 35.8 Å². The van der Waals surface area contributed by atoms with Crippen molar-refractivity contribution in [2.45, 2.75) is 51.8 Å². The molecule has 0 bridgehead atoms. The van der Waals surface area contributed by atoms with Crippen LogP contribution in [-0.4, -0.2) is 26.2 Å². The predicted molar refractivity (Wildman–Crippen MR) is 149 cm³/mol. The van der Waals surface area contributed by atoms with Crippen molar-refractivity contribution in [1.82, 2.24) is 14.8 Å². The second-order valence-corrected chi connectivity index (χ2v) is 10.8. The van der Waals surface area contributed by atoms with Crippen LogP contribution in [0.3, 0.4) is 0 Å². The van der Waals surface area contributed by atoms with Crippen molar-refractivity contribution in [3.05, 3.63) is 94.9 Å². The highest BCUT2D eigenvalue weighted by molar-refractivity contribution is 5.85. The number of halogens is 7. The van der Waals surface area contributed by atoms with Gasteiger partial charge in [0, 0.05) is 35.2 Å². The molecular weight excluding hydrogens is 607 g/mol. The van der Waals surface area contributed by atoms with Gasteiger partial charge in [-0.2, -0.15) is 18.3 Å². The second-order valence-electron chi connectivity index (χ2n) is 10.8. The van der Waals surface area contributed by atoms with Gasteiger partial charge < -0.3 is 14.3 Å². The van der Waals surface area contributed by atoms with Gasteiger partial charge in [-0.15, -0.1) is 13.2 Å². The number of hydrogen-bond acceptors (Lipinski definition) is 5. The lowest BCUT2D eigenvalue weighted by molar-refractivity contribution is -0.274. The Labute approximate surface area is 251 Å². The standard InChI is InChI=1S/C32H24F7N3O3/c1-16-11-21(13-25(33)24(16)15-43)20-7-10-26(42-27(18-3-4-18)14-28(41-42)31(34,35)36)23(12-20)30-29(40-17(2)44-30)19-5-8-22(9-6-19)45-32(37,38)39/h5-14,18,43H,3-4,15H2,1-2H3. The van der Waals surface area contributed by atoms with Crippen LogP contribution in [0.1, 0.15) is 47.2 Å². The van der Waals surface area contributed by atoms with Crippen LogP contribution >= 0.6 is 0 Å². The summed E-state index contributed by atoms with van der Waals surface area (Å²) < 4.78 is 106. The smallest absolute Gasteiger partial charge is 0.440 e.